The number of unbranched alkanes of at least 4 members (excludes halogenated alkanes) is 9. The van der Waals surface area contributed by atoms with Crippen LogP contribution in [0.4, 0.5) is 0 Å². The lowest BCUT2D eigenvalue weighted by Crippen LogP contribution is -2.36. The van der Waals surface area contributed by atoms with Gasteiger partial charge in [0.15, 0.2) is 0 Å². The summed E-state index contributed by atoms with van der Waals surface area (Å²) >= 11 is 6.31. The minimum Gasteiger partial charge on any atom is -0.506 e. The highest BCUT2D eigenvalue weighted by Gasteiger charge is 2.19. The molecule has 0 spiro atoms. The van der Waals surface area contributed by atoms with Gasteiger partial charge in [-0.2, -0.15) is 0 Å². The molecule has 2 rings (SSSR count). The van der Waals surface area contributed by atoms with E-state index in [-0.39, 0.29) is 23.4 Å². The normalized spacial score (nSPS) is 12.2. The second kappa shape index (κ2) is 14.3. The lowest BCUT2D eigenvalue weighted by Gasteiger charge is -2.19. The molecule has 0 aromatic heterocycles. The number of aromatic hydroxyl groups is 1. The summed E-state index contributed by atoms with van der Waals surface area (Å²) in [5.74, 6) is -0.429. The van der Waals surface area contributed by atoms with Gasteiger partial charge in [0, 0.05) is 22.4 Å². The van der Waals surface area contributed by atoms with Gasteiger partial charge in [-0.15, -0.1) is 0 Å². The largest absolute Gasteiger partial charge is 0.506 e. The fourth-order valence-corrected chi connectivity index (χ4v) is 4.06. The van der Waals surface area contributed by atoms with Crippen LogP contribution in [0, 0.1) is 0 Å². The maximum atomic E-state index is 12.7. The number of amides is 1. The van der Waals surface area contributed by atoms with Gasteiger partial charge in [-0.1, -0.05) is 108 Å². The third kappa shape index (κ3) is 8.34. The topological polar surface area (TPSA) is 58.6 Å². The molecule has 4 nitrogen and oxygen atoms in total. The zero-order valence-electron chi connectivity index (χ0n) is 19.1. The average Bonchev–Trinajstić information content (AvgIpc) is 2.78. The van der Waals surface area contributed by atoms with Crippen LogP contribution < -0.4 is 5.32 Å². The SMILES string of the molecule is CCCCCCCCCCCCOC(CC)NC(=O)c1cc(Cl)c2ccccc2c1O. The molecule has 0 saturated heterocycles. The first kappa shape index (κ1) is 25.5. The molecule has 2 N–H and O–H groups in total. The van der Waals surface area contributed by atoms with E-state index in [9.17, 15) is 9.90 Å². The number of halogens is 1. The van der Waals surface area contributed by atoms with Crippen molar-refractivity contribution in [2.24, 2.45) is 0 Å². The van der Waals surface area contributed by atoms with E-state index < -0.39 is 0 Å². The number of carbonyl (C=O) groups is 1. The molecule has 0 radical (unpaired) electrons. The summed E-state index contributed by atoms with van der Waals surface area (Å²) in [4.78, 5) is 12.7. The Bertz CT molecular complexity index is 809. The van der Waals surface area contributed by atoms with E-state index in [1.165, 1.54) is 57.4 Å². The van der Waals surface area contributed by atoms with Crippen molar-refractivity contribution in [2.75, 3.05) is 6.61 Å². The van der Waals surface area contributed by atoms with Crippen molar-refractivity contribution in [2.45, 2.75) is 90.7 Å². The first-order chi connectivity index (χ1) is 15.1. The molecule has 1 unspecified atom stereocenters. The van der Waals surface area contributed by atoms with E-state index in [4.69, 9.17) is 16.3 Å². The summed E-state index contributed by atoms with van der Waals surface area (Å²) in [6.07, 6.45) is 13.0. The highest BCUT2D eigenvalue weighted by Crippen LogP contribution is 2.34. The average molecular weight is 448 g/mol. The van der Waals surface area contributed by atoms with Gasteiger partial charge in [0.1, 0.15) is 12.0 Å². The van der Waals surface area contributed by atoms with Crippen LogP contribution in [0.1, 0.15) is 94.8 Å². The van der Waals surface area contributed by atoms with Crippen LogP contribution in [0.25, 0.3) is 10.8 Å². The number of fused-ring (bicyclic) bond motifs is 1. The van der Waals surface area contributed by atoms with Crippen molar-refractivity contribution in [3.63, 3.8) is 0 Å². The summed E-state index contributed by atoms with van der Waals surface area (Å²) in [6.45, 7) is 4.84. The van der Waals surface area contributed by atoms with Gasteiger partial charge >= 0.3 is 0 Å². The molecule has 5 heteroatoms. The molecule has 0 fully saturated rings. The molecule has 0 aliphatic heterocycles. The molecular weight excluding hydrogens is 410 g/mol. The molecule has 0 aliphatic carbocycles. The van der Waals surface area contributed by atoms with Crippen molar-refractivity contribution in [1.82, 2.24) is 5.32 Å². The number of rotatable bonds is 15. The van der Waals surface area contributed by atoms with Crippen LogP contribution in [0.5, 0.6) is 5.75 Å². The summed E-state index contributed by atoms with van der Waals surface area (Å²) in [5.41, 5.74) is 0.171. The maximum Gasteiger partial charge on any atom is 0.257 e. The fourth-order valence-electron chi connectivity index (χ4n) is 3.79. The lowest BCUT2D eigenvalue weighted by atomic mass is 10.0. The van der Waals surface area contributed by atoms with E-state index in [1.54, 1.807) is 6.07 Å². The van der Waals surface area contributed by atoms with Crippen molar-refractivity contribution in [1.29, 1.82) is 0 Å². The van der Waals surface area contributed by atoms with Crippen molar-refractivity contribution >= 4 is 28.3 Å². The van der Waals surface area contributed by atoms with Gasteiger partial charge in [-0.25, -0.2) is 0 Å². The molecule has 0 heterocycles. The fraction of sp³-hybridized carbons (Fsp3) is 0.577. The molecule has 2 aromatic carbocycles. The number of nitrogens with one attached hydrogen (secondary N) is 1. The van der Waals surface area contributed by atoms with Crippen molar-refractivity contribution < 1.29 is 14.6 Å². The number of carbonyl (C=O) groups excluding carboxylic acids is 1. The van der Waals surface area contributed by atoms with Gasteiger partial charge in [0.25, 0.3) is 5.91 Å². The molecule has 1 amide bonds. The second-order valence-electron chi connectivity index (χ2n) is 8.22. The van der Waals surface area contributed by atoms with Crippen LogP contribution in [0.2, 0.25) is 5.02 Å². The Morgan fingerprint density at radius 2 is 1.55 bits per heavy atom. The number of hydrogen-bond acceptors (Lipinski definition) is 3. The highest BCUT2D eigenvalue weighted by molar-refractivity contribution is 6.36. The summed E-state index contributed by atoms with van der Waals surface area (Å²) in [7, 11) is 0. The number of ether oxygens (including phenoxy) is 1. The Balaban J connectivity index is 1.71. The van der Waals surface area contributed by atoms with Gasteiger partial charge in [0.05, 0.1) is 5.56 Å². The molecule has 1 atom stereocenters. The molecule has 0 saturated carbocycles. The molecule has 0 bridgehead atoms. The second-order valence-corrected chi connectivity index (χ2v) is 8.63. The zero-order valence-corrected chi connectivity index (χ0v) is 19.8. The third-order valence-electron chi connectivity index (χ3n) is 5.69. The minimum absolute atomic E-state index is 0.0537. The standard InChI is InChI=1S/C26H38ClNO3/c1-3-5-6-7-8-9-10-11-12-15-18-31-24(4-2)28-26(30)22-19-23(27)20-16-13-14-17-21(20)25(22)29/h13-14,16-17,19,24,29H,3-12,15,18H2,1-2H3,(H,28,30). The predicted molar refractivity (Wildman–Crippen MR) is 130 cm³/mol. The third-order valence-corrected chi connectivity index (χ3v) is 6.00. The number of hydrogen-bond donors (Lipinski definition) is 2. The monoisotopic (exact) mass is 447 g/mol. The summed E-state index contributed by atoms with van der Waals surface area (Å²) in [6, 6.07) is 8.76. The first-order valence-corrected chi connectivity index (χ1v) is 12.3. The minimum atomic E-state index is -0.379. The quantitative estimate of drug-likeness (QED) is 0.218. The van der Waals surface area contributed by atoms with Crippen LogP contribution in [0.15, 0.2) is 30.3 Å². The number of phenolic OH excluding ortho intramolecular Hbond substituents is 1. The van der Waals surface area contributed by atoms with E-state index in [2.05, 4.69) is 12.2 Å². The molecule has 31 heavy (non-hydrogen) atoms. The first-order valence-electron chi connectivity index (χ1n) is 11.9. The Hall–Kier alpha value is -1.78. The van der Waals surface area contributed by atoms with Crippen LogP contribution in [-0.2, 0) is 4.74 Å². The zero-order chi connectivity index (χ0) is 22.5. The molecule has 0 aliphatic rings. The van der Waals surface area contributed by atoms with Crippen LogP contribution in [0.3, 0.4) is 0 Å². The smallest absolute Gasteiger partial charge is 0.257 e. The van der Waals surface area contributed by atoms with E-state index in [1.807, 2.05) is 25.1 Å². The van der Waals surface area contributed by atoms with Gasteiger partial charge in [-0.3, -0.25) is 4.79 Å². The van der Waals surface area contributed by atoms with E-state index in [0.29, 0.717) is 23.4 Å². The number of benzene rings is 2. The van der Waals surface area contributed by atoms with Crippen molar-refractivity contribution in [3.05, 3.63) is 40.9 Å². The molecule has 172 valence electrons. The lowest BCUT2D eigenvalue weighted by molar-refractivity contribution is 0.0238. The van der Waals surface area contributed by atoms with Gasteiger partial charge < -0.3 is 15.2 Å². The maximum absolute atomic E-state index is 12.7. The van der Waals surface area contributed by atoms with Crippen LogP contribution in [-0.4, -0.2) is 23.8 Å². The van der Waals surface area contributed by atoms with Crippen molar-refractivity contribution in [3.8, 4) is 5.75 Å². The Kier molecular flexibility index (Phi) is 11.8. The van der Waals surface area contributed by atoms with Gasteiger partial charge in [-0.05, 0) is 18.9 Å². The summed E-state index contributed by atoms with van der Waals surface area (Å²) < 4.78 is 5.87. The Morgan fingerprint density at radius 3 is 2.16 bits per heavy atom. The molecule has 2 aromatic rings. The number of phenols is 1. The highest BCUT2D eigenvalue weighted by atomic mass is 35.5. The van der Waals surface area contributed by atoms with Crippen LogP contribution >= 0.6 is 11.6 Å². The Labute approximate surface area is 192 Å². The van der Waals surface area contributed by atoms with E-state index in [0.717, 1.165) is 18.2 Å². The summed E-state index contributed by atoms with van der Waals surface area (Å²) in [5, 5.41) is 15.2. The van der Waals surface area contributed by atoms with Gasteiger partial charge in [0.2, 0.25) is 0 Å². The van der Waals surface area contributed by atoms with E-state index >= 15 is 0 Å². The Morgan fingerprint density at radius 1 is 0.968 bits per heavy atom. The molecular formula is C26H38ClNO3. The predicted octanol–water partition coefficient (Wildman–Crippen LogP) is 7.60.